The van der Waals surface area contributed by atoms with E-state index in [1.807, 2.05) is 30.5 Å². The van der Waals surface area contributed by atoms with E-state index in [1.165, 1.54) is 12.4 Å². The minimum atomic E-state index is -0.246. The van der Waals surface area contributed by atoms with Crippen molar-refractivity contribution < 1.29 is 4.79 Å². The maximum absolute atomic E-state index is 12.3. The minimum Gasteiger partial charge on any atom is -0.341 e. The summed E-state index contributed by atoms with van der Waals surface area (Å²) in [5.74, 6) is 1.43. The lowest BCUT2D eigenvalue weighted by Gasteiger charge is -2.15. The van der Waals surface area contributed by atoms with E-state index in [0.29, 0.717) is 5.69 Å². The molecule has 0 aliphatic heterocycles. The van der Waals surface area contributed by atoms with Crippen LogP contribution in [0.4, 0.5) is 0 Å². The number of amides is 1. The quantitative estimate of drug-likeness (QED) is 0.727. The molecule has 3 rings (SSSR count). The van der Waals surface area contributed by atoms with E-state index in [-0.39, 0.29) is 11.9 Å². The largest absolute Gasteiger partial charge is 0.341 e. The first-order valence-electron chi connectivity index (χ1n) is 7.28. The summed E-state index contributed by atoms with van der Waals surface area (Å²) in [6, 6.07) is 7.64. The predicted molar refractivity (Wildman–Crippen MR) is 91.3 cm³/mol. The van der Waals surface area contributed by atoms with E-state index >= 15 is 0 Å². The molecule has 2 N–H and O–H groups in total. The molecular formula is C16H17N5OS. The summed E-state index contributed by atoms with van der Waals surface area (Å²) in [5.41, 5.74) is 2.16. The molecule has 0 saturated carbocycles. The van der Waals surface area contributed by atoms with E-state index in [0.717, 1.165) is 29.0 Å². The van der Waals surface area contributed by atoms with Crippen LogP contribution in [-0.4, -0.2) is 37.9 Å². The van der Waals surface area contributed by atoms with Gasteiger partial charge in [-0.2, -0.15) is 11.8 Å². The molecular weight excluding hydrogens is 310 g/mol. The Labute approximate surface area is 138 Å². The van der Waals surface area contributed by atoms with Crippen molar-refractivity contribution in [2.75, 3.05) is 12.0 Å². The molecule has 7 heteroatoms. The number of aromatic amines is 1. The third kappa shape index (κ3) is 3.68. The van der Waals surface area contributed by atoms with Crippen molar-refractivity contribution in [1.82, 2.24) is 25.3 Å². The molecule has 0 bridgehead atoms. The Morgan fingerprint density at radius 2 is 2.22 bits per heavy atom. The number of para-hydroxylation sites is 2. The monoisotopic (exact) mass is 327 g/mol. The topological polar surface area (TPSA) is 83.6 Å². The fourth-order valence-corrected chi connectivity index (χ4v) is 2.77. The zero-order chi connectivity index (χ0) is 16.1. The van der Waals surface area contributed by atoms with Gasteiger partial charge in [-0.3, -0.25) is 9.78 Å². The third-order valence-corrected chi connectivity index (χ3v) is 4.09. The second-order valence-corrected chi connectivity index (χ2v) is 6.02. The first-order chi connectivity index (χ1) is 11.3. The Hall–Kier alpha value is -2.41. The van der Waals surface area contributed by atoms with Crippen LogP contribution >= 0.6 is 11.8 Å². The third-order valence-electron chi connectivity index (χ3n) is 3.45. The van der Waals surface area contributed by atoms with Crippen LogP contribution < -0.4 is 5.32 Å². The number of hydrogen-bond donors (Lipinski definition) is 2. The summed E-state index contributed by atoms with van der Waals surface area (Å²) in [5, 5.41) is 3.00. The van der Waals surface area contributed by atoms with Gasteiger partial charge in [-0.15, -0.1) is 0 Å². The molecule has 0 unspecified atom stereocenters. The van der Waals surface area contributed by atoms with Crippen molar-refractivity contribution in [1.29, 1.82) is 0 Å². The molecule has 0 aliphatic carbocycles. The summed E-state index contributed by atoms with van der Waals surface area (Å²) in [7, 11) is 0. The van der Waals surface area contributed by atoms with Crippen LogP contribution in [0.3, 0.4) is 0 Å². The van der Waals surface area contributed by atoms with Gasteiger partial charge in [0.1, 0.15) is 11.5 Å². The van der Waals surface area contributed by atoms with Gasteiger partial charge < -0.3 is 10.3 Å². The summed E-state index contributed by atoms with van der Waals surface area (Å²) in [6.45, 7) is 0. The number of hydrogen-bond acceptors (Lipinski definition) is 5. The van der Waals surface area contributed by atoms with Crippen molar-refractivity contribution in [2.45, 2.75) is 12.5 Å². The summed E-state index contributed by atoms with van der Waals surface area (Å²) >= 11 is 1.73. The maximum atomic E-state index is 12.3. The Bertz CT molecular complexity index is 756. The van der Waals surface area contributed by atoms with Crippen LogP contribution in [-0.2, 0) is 0 Å². The van der Waals surface area contributed by atoms with Crippen LogP contribution in [0.15, 0.2) is 42.9 Å². The number of aromatic nitrogens is 4. The fourth-order valence-electron chi connectivity index (χ4n) is 2.30. The Balaban J connectivity index is 1.83. The predicted octanol–water partition coefficient (Wildman–Crippen LogP) is 2.58. The normalized spacial score (nSPS) is 12.2. The molecule has 0 fully saturated rings. The van der Waals surface area contributed by atoms with Gasteiger partial charge in [0.2, 0.25) is 0 Å². The van der Waals surface area contributed by atoms with Gasteiger partial charge in [-0.1, -0.05) is 12.1 Å². The number of thioether (sulfide) groups is 1. The van der Waals surface area contributed by atoms with Crippen LogP contribution in [0.1, 0.15) is 28.8 Å². The molecule has 1 atom stereocenters. The molecule has 0 spiro atoms. The lowest BCUT2D eigenvalue weighted by atomic mass is 10.2. The average Bonchev–Trinajstić information content (AvgIpc) is 3.03. The number of carbonyl (C=O) groups is 1. The first kappa shape index (κ1) is 15.5. The molecule has 3 aromatic rings. The van der Waals surface area contributed by atoms with Crippen molar-refractivity contribution in [3.63, 3.8) is 0 Å². The number of nitrogens with zero attached hydrogens (tertiary/aromatic N) is 3. The standard InChI is InChI=1S/C16H17N5OS/c1-23-9-6-13(21-16(22)14-10-17-7-8-18-14)15-19-11-4-2-3-5-12(11)20-15/h2-5,7-8,10,13H,6,9H2,1H3,(H,19,20)(H,21,22)/t13-/m1/s1. The van der Waals surface area contributed by atoms with Gasteiger partial charge >= 0.3 is 0 Å². The molecule has 0 aliphatic rings. The van der Waals surface area contributed by atoms with E-state index in [4.69, 9.17) is 0 Å². The van der Waals surface area contributed by atoms with Crippen LogP contribution in [0.5, 0.6) is 0 Å². The number of fused-ring (bicyclic) bond motifs is 1. The molecule has 23 heavy (non-hydrogen) atoms. The second-order valence-electron chi connectivity index (χ2n) is 5.04. The van der Waals surface area contributed by atoms with E-state index in [2.05, 4.69) is 25.3 Å². The summed E-state index contributed by atoms with van der Waals surface area (Å²) in [4.78, 5) is 28.2. The Morgan fingerprint density at radius 1 is 1.35 bits per heavy atom. The molecule has 1 amide bonds. The number of H-pyrrole nitrogens is 1. The van der Waals surface area contributed by atoms with E-state index in [9.17, 15) is 4.79 Å². The SMILES string of the molecule is CSCC[C@@H](NC(=O)c1cnccn1)c1nc2ccccc2[nH]1. The van der Waals surface area contributed by atoms with Gasteiger partial charge in [-0.05, 0) is 30.6 Å². The molecule has 2 heterocycles. The Morgan fingerprint density at radius 3 is 2.96 bits per heavy atom. The molecule has 1 aromatic carbocycles. The number of rotatable bonds is 6. The first-order valence-corrected chi connectivity index (χ1v) is 8.68. The van der Waals surface area contributed by atoms with Gasteiger partial charge in [0.25, 0.3) is 5.91 Å². The number of benzene rings is 1. The van der Waals surface area contributed by atoms with Gasteiger partial charge in [0, 0.05) is 12.4 Å². The average molecular weight is 327 g/mol. The molecule has 118 valence electrons. The van der Waals surface area contributed by atoms with Crippen LogP contribution in [0.25, 0.3) is 11.0 Å². The van der Waals surface area contributed by atoms with Gasteiger partial charge in [-0.25, -0.2) is 9.97 Å². The minimum absolute atomic E-state index is 0.190. The lowest BCUT2D eigenvalue weighted by molar-refractivity contribution is 0.0928. The number of imidazole rings is 1. The van der Waals surface area contributed by atoms with Crippen LogP contribution in [0, 0.1) is 0 Å². The zero-order valence-corrected chi connectivity index (χ0v) is 13.5. The highest BCUT2D eigenvalue weighted by Crippen LogP contribution is 2.20. The molecule has 0 saturated heterocycles. The van der Waals surface area contributed by atoms with Crippen molar-refractivity contribution in [3.05, 3.63) is 54.4 Å². The fraction of sp³-hybridized carbons (Fsp3) is 0.250. The highest BCUT2D eigenvalue weighted by molar-refractivity contribution is 7.98. The van der Waals surface area contributed by atoms with Gasteiger partial charge in [0.15, 0.2) is 0 Å². The second kappa shape index (κ2) is 7.23. The highest BCUT2D eigenvalue weighted by Gasteiger charge is 2.19. The number of carbonyl (C=O) groups excluding carboxylic acids is 1. The smallest absolute Gasteiger partial charge is 0.272 e. The van der Waals surface area contributed by atoms with Crippen LogP contribution in [0.2, 0.25) is 0 Å². The van der Waals surface area contributed by atoms with E-state index < -0.39 is 0 Å². The maximum Gasteiger partial charge on any atom is 0.272 e. The molecule has 2 aromatic heterocycles. The van der Waals surface area contributed by atoms with Crippen molar-refractivity contribution >= 4 is 28.7 Å². The molecule has 0 radical (unpaired) electrons. The van der Waals surface area contributed by atoms with Crippen molar-refractivity contribution in [3.8, 4) is 0 Å². The molecule has 6 nitrogen and oxygen atoms in total. The number of nitrogens with one attached hydrogen (secondary N) is 2. The highest BCUT2D eigenvalue weighted by atomic mass is 32.2. The van der Waals surface area contributed by atoms with Crippen molar-refractivity contribution in [2.24, 2.45) is 0 Å². The lowest BCUT2D eigenvalue weighted by Crippen LogP contribution is -2.30. The van der Waals surface area contributed by atoms with E-state index in [1.54, 1.807) is 18.0 Å². The summed E-state index contributed by atoms with van der Waals surface area (Å²) in [6.07, 6.45) is 7.33. The summed E-state index contributed by atoms with van der Waals surface area (Å²) < 4.78 is 0. The Kier molecular flexibility index (Phi) is 4.87. The van der Waals surface area contributed by atoms with Gasteiger partial charge in [0.05, 0.1) is 23.3 Å². The zero-order valence-electron chi connectivity index (χ0n) is 12.7.